The number of rotatable bonds is 9. The van der Waals surface area contributed by atoms with E-state index in [1.807, 2.05) is 6.92 Å². The first-order chi connectivity index (χ1) is 15.8. The fourth-order valence-electron chi connectivity index (χ4n) is 3.00. The van der Waals surface area contributed by atoms with Crippen LogP contribution < -0.4 is 20.1 Å². The average Bonchev–Trinajstić information content (AvgIpc) is 2.79. The minimum absolute atomic E-state index is 0.0244. The van der Waals surface area contributed by atoms with Crippen molar-refractivity contribution in [2.75, 3.05) is 16.6 Å². The summed E-state index contributed by atoms with van der Waals surface area (Å²) in [6.07, 6.45) is 0. The van der Waals surface area contributed by atoms with Crippen molar-refractivity contribution >= 4 is 33.2 Å². The van der Waals surface area contributed by atoms with E-state index in [-0.39, 0.29) is 22.9 Å². The zero-order chi connectivity index (χ0) is 23.8. The van der Waals surface area contributed by atoms with Gasteiger partial charge in [0.15, 0.2) is 0 Å². The molecule has 0 aliphatic heterocycles. The van der Waals surface area contributed by atoms with Crippen LogP contribution >= 0.6 is 0 Å². The maximum atomic E-state index is 12.8. The standard InChI is InChI=1S/C24H25N3O5S/c1-3-32-22-13-11-21(12-14-22)27-33(30,31)23-6-4-5-19(15-23)24(29)25-16-18-7-9-20(10-8-18)26-17(2)28/h4-15,27H,3,16H2,1-2H3,(H,25,29)(H,26,28). The van der Waals surface area contributed by atoms with Crippen LogP contribution in [0, 0.1) is 0 Å². The predicted molar refractivity (Wildman–Crippen MR) is 127 cm³/mol. The highest BCUT2D eigenvalue weighted by Gasteiger charge is 2.17. The largest absolute Gasteiger partial charge is 0.494 e. The van der Waals surface area contributed by atoms with Crippen LogP contribution in [0.15, 0.2) is 77.7 Å². The molecule has 0 radical (unpaired) electrons. The summed E-state index contributed by atoms with van der Waals surface area (Å²) in [4.78, 5) is 23.6. The number of amides is 2. The van der Waals surface area contributed by atoms with Crippen molar-refractivity contribution in [1.82, 2.24) is 5.32 Å². The second-order valence-electron chi connectivity index (χ2n) is 7.15. The lowest BCUT2D eigenvalue weighted by molar-refractivity contribution is -0.114. The predicted octanol–water partition coefficient (Wildman–Crippen LogP) is 3.77. The molecule has 3 rings (SSSR count). The Hall–Kier alpha value is -3.85. The maximum absolute atomic E-state index is 12.8. The van der Waals surface area contributed by atoms with Crippen LogP contribution in [0.4, 0.5) is 11.4 Å². The summed E-state index contributed by atoms with van der Waals surface area (Å²) in [6, 6.07) is 19.4. The van der Waals surface area contributed by atoms with Gasteiger partial charge in [-0.15, -0.1) is 0 Å². The molecule has 8 nitrogen and oxygen atoms in total. The molecule has 0 unspecified atom stereocenters. The van der Waals surface area contributed by atoms with Gasteiger partial charge >= 0.3 is 0 Å². The maximum Gasteiger partial charge on any atom is 0.261 e. The Labute approximate surface area is 193 Å². The van der Waals surface area contributed by atoms with E-state index in [1.165, 1.54) is 25.1 Å². The lowest BCUT2D eigenvalue weighted by atomic mass is 10.2. The lowest BCUT2D eigenvalue weighted by Crippen LogP contribution is -2.23. The normalized spacial score (nSPS) is 10.8. The van der Waals surface area contributed by atoms with Crippen molar-refractivity contribution in [1.29, 1.82) is 0 Å². The van der Waals surface area contributed by atoms with Crippen molar-refractivity contribution in [3.05, 3.63) is 83.9 Å². The number of ether oxygens (including phenoxy) is 1. The molecule has 9 heteroatoms. The van der Waals surface area contributed by atoms with E-state index >= 15 is 0 Å². The Morgan fingerprint density at radius 2 is 1.58 bits per heavy atom. The van der Waals surface area contributed by atoms with Gasteiger partial charge in [-0.25, -0.2) is 8.42 Å². The molecule has 0 aromatic heterocycles. The number of hydrogen-bond acceptors (Lipinski definition) is 5. The number of sulfonamides is 1. The number of benzene rings is 3. The van der Waals surface area contributed by atoms with Crippen LogP contribution in [-0.2, 0) is 21.4 Å². The van der Waals surface area contributed by atoms with Crippen LogP contribution in [-0.4, -0.2) is 26.8 Å². The molecule has 0 bridgehead atoms. The van der Waals surface area contributed by atoms with Gasteiger partial charge in [0.2, 0.25) is 5.91 Å². The minimum atomic E-state index is -3.88. The quantitative estimate of drug-likeness (QED) is 0.443. The van der Waals surface area contributed by atoms with Gasteiger partial charge in [-0.2, -0.15) is 0 Å². The molecular weight excluding hydrogens is 442 g/mol. The highest BCUT2D eigenvalue weighted by Crippen LogP contribution is 2.20. The van der Waals surface area contributed by atoms with Crippen LogP contribution in [0.25, 0.3) is 0 Å². The Balaban J connectivity index is 1.65. The molecule has 0 aliphatic carbocycles. The summed E-state index contributed by atoms with van der Waals surface area (Å²) in [5.74, 6) is 0.0748. The summed E-state index contributed by atoms with van der Waals surface area (Å²) in [7, 11) is -3.88. The van der Waals surface area contributed by atoms with Crippen LogP contribution in [0.5, 0.6) is 5.75 Å². The van der Waals surface area contributed by atoms with Crippen LogP contribution in [0.3, 0.4) is 0 Å². The summed E-state index contributed by atoms with van der Waals surface area (Å²) < 4.78 is 33.4. The van der Waals surface area contributed by atoms with E-state index in [0.717, 1.165) is 5.56 Å². The smallest absolute Gasteiger partial charge is 0.261 e. The van der Waals surface area contributed by atoms with Gasteiger partial charge in [0, 0.05) is 30.4 Å². The van der Waals surface area contributed by atoms with Gasteiger partial charge < -0.3 is 15.4 Å². The molecule has 0 saturated carbocycles. The summed E-state index contributed by atoms with van der Waals surface area (Å²) in [5.41, 5.74) is 2.10. The van der Waals surface area contributed by atoms with Crippen molar-refractivity contribution in [3.63, 3.8) is 0 Å². The Kier molecular flexibility index (Phi) is 7.68. The topological polar surface area (TPSA) is 114 Å². The molecule has 33 heavy (non-hydrogen) atoms. The molecule has 3 aromatic carbocycles. The highest BCUT2D eigenvalue weighted by molar-refractivity contribution is 7.92. The van der Waals surface area contributed by atoms with Crippen LogP contribution in [0.2, 0.25) is 0 Å². The molecule has 0 heterocycles. The fourth-order valence-corrected chi connectivity index (χ4v) is 4.10. The number of hydrogen-bond donors (Lipinski definition) is 3. The number of nitrogens with one attached hydrogen (secondary N) is 3. The fraction of sp³-hybridized carbons (Fsp3) is 0.167. The zero-order valence-electron chi connectivity index (χ0n) is 18.3. The number of anilines is 2. The SMILES string of the molecule is CCOc1ccc(NS(=O)(=O)c2cccc(C(=O)NCc3ccc(NC(C)=O)cc3)c2)cc1. The summed E-state index contributed by atoms with van der Waals surface area (Å²) in [6.45, 7) is 4.06. The lowest BCUT2D eigenvalue weighted by Gasteiger charge is -2.11. The molecule has 0 saturated heterocycles. The number of carbonyl (C=O) groups is 2. The van der Waals surface area contributed by atoms with E-state index in [9.17, 15) is 18.0 Å². The summed E-state index contributed by atoms with van der Waals surface area (Å²) >= 11 is 0. The third-order valence-electron chi connectivity index (χ3n) is 4.55. The number of carbonyl (C=O) groups excluding carboxylic acids is 2. The van der Waals surface area contributed by atoms with Crippen molar-refractivity contribution in [3.8, 4) is 5.75 Å². The molecule has 3 aromatic rings. The first-order valence-corrected chi connectivity index (χ1v) is 11.8. The minimum Gasteiger partial charge on any atom is -0.494 e. The Morgan fingerprint density at radius 3 is 2.21 bits per heavy atom. The molecule has 3 N–H and O–H groups in total. The van der Waals surface area contributed by atoms with Gasteiger partial charge in [0.1, 0.15) is 5.75 Å². The first-order valence-electron chi connectivity index (χ1n) is 10.3. The van der Waals surface area contributed by atoms with E-state index in [1.54, 1.807) is 54.6 Å². The molecule has 0 fully saturated rings. The van der Waals surface area contributed by atoms with Gasteiger partial charge in [0.25, 0.3) is 15.9 Å². The van der Waals surface area contributed by atoms with Crippen molar-refractivity contribution in [2.45, 2.75) is 25.3 Å². The third kappa shape index (κ3) is 6.81. The van der Waals surface area contributed by atoms with E-state index in [4.69, 9.17) is 4.74 Å². The van der Waals surface area contributed by atoms with Crippen molar-refractivity contribution < 1.29 is 22.7 Å². The molecule has 0 atom stereocenters. The second kappa shape index (κ2) is 10.6. The van der Waals surface area contributed by atoms with Gasteiger partial charge in [-0.05, 0) is 67.1 Å². The molecule has 0 spiro atoms. The zero-order valence-corrected chi connectivity index (χ0v) is 19.1. The Bertz CT molecular complexity index is 1220. The molecular formula is C24H25N3O5S. The van der Waals surface area contributed by atoms with Crippen molar-refractivity contribution in [2.24, 2.45) is 0 Å². The van der Waals surface area contributed by atoms with Gasteiger partial charge in [-0.3, -0.25) is 14.3 Å². The van der Waals surface area contributed by atoms with E-state index < -0.39 is 15.9 Å². The monoisotopic (exact) mass is 467 g/mol. The highest BCUT2D eigenvalue weighted by atomic mass is 32.2. The second-order valence-corrected chi connectivity index (χ2v) is 8.83. The van der Waals surface area contributed by atoms with Crippen LogP contribution in [0.1, 0.15) is 29.8 Å². The van der Waals surface area contributed by atoms with Gasteiger partial charge in [-0.1, -0.05) is 18.2 Å². The van der Waals surface area contributed by atoms with E-state index in [2.05, 4.69) is 15.4 Å². The average molecular weight is 468 g/mol. The molecule has 0 aliphatic rings. The van der Waals surface area contributed by atoms with Gasteiger partial charge in [0.05, 0.1) is 11.5 Å². The summed E-state index contributed by atoms with van der Waals surface area (Å²) in [5, 5.41) is 5.44. The Morgan fingerprint density at radius 1 is 0.909 bits per heavy atom. The third-order valence-corrected chi connectivity index (χ3v) is 5.93. The molecule has 172 valence electrons. The molecule has 2 amide bonds. The van der Waals surface area contributed by atoms with E-state index in [0.29, 0.717) is 23.7 Å². The first kappa shape index (κ1) is 23.8.